The van der Waals surface area contributed by atoms with Gasteiger partial charge in [-0.15, -0.1) is 11.8 Å². The molecule has 44 heavy (non-hydrogen) atoms. The molecule has 0 aliphatic carbocycles. The van der Waals surface area contributed by atoms with Crippen LogP contribution in [0.5, 0.6) is 5.75 Å². The van der Waals surface area contributed by atoms with Crippen molar-refractivity contribution in [3.63, 3.8) is 0 Å². The van der Waals surface area contributed by atoms with Crippen molar-refractivity contribution in [3.8, 4) is 5.75 Å². The smallest absolute Gasteiger partial charge is 0.416 e. The Morgan fingerprint density at radius 1 is 1.00 bits per heavy atom. The Balaban J connectivity index is 1.53. The first kappa shape index (κ1) is 32.9. The predicted molar refractivity (Wildman–Crippen MR) is 161 cm³/mol. The summed E-state index contributed by atoms with van der Waals surface area (Å²) in [5.41, 5.74) is 0.913. The number of nitrogens with one attached hydrogen (secondary N) is 2. The summed E-state index contributed by atoms with van der Waals surface area (Å²) in [6, 6.07) is 15.8. The van der Waals surface area contributed by atoms with Crippen LogP contribution in [0.25, 0.3) is 0 Å². The Morgan fingerprint density at radius 3 is 2.30 bits per heavy atom. The number of phenols is 1. The number of carbonyl (C=O) groups is 3. The molecule has 0 bridgehead atoms. The summed E-state index contributed by atoms with van der Waals surface area (Å²) in [7, 11) is 0. The van der Waals surface area contributed by atoms with Gasteiger partial charge in [0.1, 0.15) is 11.8 Å². The summed E-state index contributed by atoms with van der Waals surface area (Å²) in [6.45, 7) is 5.09. The molecule has 0 radical (unpaired) electrons. The maximum Gasteiger partial charge on any atom is 0.416 e. The predicted octanol–water partition coefficient (Wildman–Crippen LogP) is 4.42. The zero-order valence-corrected chi connectivity index (χ0v) is 25.2. The molecule has 1 aliphatic heterocycles. The number of amides is 3. The number of nitrogens with zero attached hydrogens (tertiary/aromatic N) is 1. The lowest BCUT2D eigenvalue weighted by Gasteiger charge is -2.33. The molecule has 1 fully saturated rings. The zero-order chi connectivity index (χ0) is 32.2. The molecule has 1 heterocycles. The number of halogens is 3. The fourth-order valence-electron chi connectivity index (χ4n) is 5.08. The van der Waals surface area contributed by atoms with Crippen LogP contribution in [0, 0.1) is 6.92 Å². The molecule has 234 valence electrons. The minimum absolute atomic E-state index is 0.0608. The fourth-order valence-corrected chi connectivity index (χ4v) is 6.22. The second-order valence-electron chi connectivity index (χ2n) is 11.2. The molecule has 3 aromatic carbocycles. The van der Waals surface area contributed by atoms with E-state index in [9.17, 15) is 37.8 Å². The van der Waals surface area contributed by atoms with E-state index < -0.39 is 52.4 Å². The van der Waals surface area contributed by atoms with E-state index in [0.717, 1.165) is 17.7 Å². The SMILES string of the molecule is Cc1c(O)cccc1C(=O)N[C@@H](Cc1ccccc1)[C@H](O)C(=O)N1CSC(C)(C)C1C(=O)NCc1ccc(C(F)(F)F)cc1. The van der Waals surface area contributed by atoms with Gasteiger partial charge in [0.25, 0.3) is 11.8 Å². The largest absolute Gasteiger partial charge is 0.508 e. The Labute approximate surface area is 257 Å². The van der Waals surface area contributed by atoms with E-state index in [1.165, 1.54) is 47.0 Å². The van der Waals surface area contributed by atoms with Crippen molar-refractivity contribution < 1.29 is 37.8 Å². The molecule has 1 aliphatic rings. The van der Waals surface area contributed by atoms with Gasteiger partial charge in [-0.2, -0.15) is 13.2 Å². The second kappa shape index (κ2) is 13.3. The van der Waals surface area contributed by atoms with Gasteiger partial charge in [0, 0.05) is 22.4 Å². The topological polar surface area (TPSA) is 119 Å². The third kappa shape index (κ3) is 7.54. The molecule has 4 N–H and O–H groups in total. The van der Waals surface area contributed by atoms with Crippen molar-refractivity contribution in [1.29, 1.82) is 0 Å². The van der Waals surface area contributed by atoms with Crippen LogP contribution in [-0.4, -0.2) is 61.6 Å². The molecule has 0 aromatic heterocycles. The zero-order valence-electron chi connectivity index (χ0n) is 24.4. The first-order chi connectivity index (χ1) is 20.7. The number of benzene rings is 3. The number of phenolic OH excluding ortho intramolecular Hbond substituents is 1. The minimum atomic E-state index is -4.48. The quantitative estimate of drug-likeness (QED) is 0.279. The lowest BCUT2D eigenvalue weighted by atomic mass is 9.96. The number of aromatic hydroxyl groups is 1. The standard InChI is InChI=1S/C32H34F3N3O5S/c1-19-23(10-7-11-25(19)39)28(41)37-24(16-20-8-5-4-6-9-20)26(40)30(43)38-18-44-31(2,3)27(38)29(42)36-17-21-12-14-22(15-13-21)32(33,34)35/h4-15,24,26-27,39-40H,16-18H2,1-3H3,(H,36,42)(H,37,41)/t24-,26-,27?/m0/s1. The monoisotopic (exact) mass is 629 g/mol. The van der Waals surface area contributed by atoms with Gasteiger partial charge in [0.15, 0.2) is 6.10 Å². The third-order valence-electron chi connectivity index (χ3n) is 7.62. The number of hydrogen-bond acceptors (Lipinski definition) is 6. The molecule has 3 atom stereocenters. The van der Waals surface area contributed by atoms with E-state index in [-0.39, 0.29) is 30.2 Å². The van der Waals surface area contributed by atoms with Crippen molar-refractivity contribution in [3.05, 3.63) is 101 Å². The van der Waals surface area contributed by atoms with Crippen molar-refractivity contribution in [2.24, 2.45) is 0 Å². The molecule has 0 saturated carbocycles. The average Bonchev–Trinajstić information content (AvgIpc) is 3.31. The Hall–Kier alpha value is -4.03. The summed E-state index contributed by atoms with van der Waals surface area (Å²) < 4.78 is 38.0. The Morgan fingerprint density at radius 2 is 1.66 bits per heavy atom. The molecular weight excluding hydrogens is 595 g/mol. The van der Waals surface area contributed by atoms with Gasteiger partial charge in [-0.25, -0.2) is 0 Å². The summed E-state index contributed by atoms with van der Waals surface area (Å²) in [5.74, 6) is -1.85. The van der Waals surface area contributed by atoms with Crippen LogP contribution >= 0.6 is 11.8 Å². The van der Waals surface area contributed by atoms with Crippen molar-refractivity contribution >= 4 is 29.5 Å². The highest BCUT2D eigenvalue weighted by Gasteiger charge is 2.49. The molecule has 1 saturated heterocycles. The number of aliphatic hydroxyl groups is 1. The lowest BCUT2D eigenvalue weighted by molar-refractivity contribution is -0.147. The van der Waals surface area contributed by atoms with Crippen LogP contribution in [0.3, 0.4) is 0 Å². The van der Waals surface area contributed by atoms with Gasteiger partial charge >= 0.3 is 6.18 Å². The van der Waals surface area contributed by atoms with Crippen LogP contribution < -0.4 is 10.6 Å². The first-order valence-electron chi connectivity index (χ1n) is 13.9. The van der Waals surface area contributed by atoms with Gasteiger partial charge in [-0.3, -0.25) is 14.4 Å². The van der Waals surface area contributed by atoms with E-state index >= 15 is 0 Å². The van der Waals surface area contributed by atoms with Crippen molar-refractivity contribution in [1.82, 2.24) is 15.5 Å². The number of aliphatic hydroxyl groups excluding tert-OH is 1. The Kier molecular flexibility index (Phi) is 9.94. The number of carbonyl (C=O) groups excluding carboxylic acids is 3. The maximum absolute atomic E-state index is 13.8. The first-order valence-corrected chi connectivity index (χ1v) is 14.9. The van der Waals surface area contributed by atoms with Crippen molar-refractivity contribution in [2.75, 3.05) is 5.88 Å². The maximum atomic E-state index is 13.8. The van der Waals surface area contributed by atoms with Gasteiger partial charge in [0.2, 0.25) is 5.91 Å². The molecule has 8 nitrogen and oxygen atoms in total. The van der Waals surface area contributed by atoms with Gasteiger partial charge in [-0.1, -0.05) is 48.5 Å². The van der Waals surface area contributed by atoms with E-state index in [1.54, 1.807) is 45.0 Å². The average molecular weight is 630 g/mol. The fraction of sp³-hybridized carbons (Fsp3) is 0.344. The molecule has 12 heteroatoms. The van der Waals surface area contributed by atoms with Crippen LogP contribution in [0.4, 0.5) is 13.2 Å². The summed E-state index contributed by atoms with van der Waals surface area (Å²) in [5, 5.41) is 26.9. The van der Waals surface area contributed by atoms with Gasteiger partial charge in [0.05, 0.1) is 17.5 Å². The number of alkyl halides is 3. The van der Waals surface area contributed by atoms with E-state index in [0.29, 0.717) is 11.1 Å². The molecule has 0 spiro atoms. The highest BCUT2D eigenvalue weighted by molar-refractivity contribution is 8.00. The highest BCUT2D eigenvalue weighted by Crippen LogP contribution is 2.40. The Bertz CT molecular complexity index is 1500. The number of hydrogen-bond donors (Lipinski definition) is 4. The molecule has 3 aromatic rings. The van der Waals surface area contributed by atoms with E-state index in [1.807, 2.05) is 6.07 Å². The van der Waals surface area contributed by atoms with E-state index in [4.69, 9.17) is 0 Å². The highest BCUT2D eigenvalue weighted by atomic mass is 32.2. The molecular formula is C32H34F3N3O5S. The lowest BCUT2D eigenvalue weighted by Crippen LogP contribution is -2.58. The molecule has 3 amide bonds. The molecule has 1 unspecified atom stereocenters. The molecule has 4 rings (SSSR count). The van der Waals surface area contributed by atoms with Crippen LogP contribution in [0.15, 0.2) is 72.8 Å². The van der Waals surface area contributed by atoms with Crippen LogP contribution in [0.2, 0.25) is 0 Å². The van der Waals surface area contributed by atoms with E-state index in [2.05, 4.69) is 10.6 Å². The summed E-state index contributed by atoms with van der Waals surface area (Å²) in [6.07, 6.45) is -6.10. The summed E-state index contributed by atoms with van der Waals surface area (Å²) >= 11 is 1.34. The normalized spacial score (nSPS) is 17.5. The van der Waals surface area contributed by atoms with Gasteiger partial charge < -0.3 is 25.7 Å². The second-order valence-corrected chi connectivity index (χ2v) is 12.8. The minimum Gasteiger partial charge on any atom is -0.508 e. The third-order valence-corrected chi connectivity index (χ3v) is 9.00. The van der Waals surface area contributed by atoms with Crippen molar-refractivity contribution in [2.45, 2.75) is 62.8 Å². The van der Waals surface area contributed by atoms with Crippen LogP contribution in [0.1, 0.15) is 46.5 Å². The van der Waals surface area contributed by atoms with Gasteiger partial charge in [-0.05, 0) is 62.6 Å². The summed E-state index contributed by atoms with van der Waals surface area (Å²) in [4.78, 5) is 41.7. The number of rotatable bonds is 9. The van der Waals surface area contributed by atoms with Crippen LogP contribution in [-0.2, 0) is 28.7 Å². The number of thioether (sulfide) groups is 1.